The van der Waals surface area contributed by atoms with E-state index in [-0.39, 0.29) is 11.9 Å². The lowest BCUT2D eigenvalue weighted by atomic mass is 10.1. The number of aromatic nitrogens is 2. The van der Waals surface area contributed by atoms with E-state index in [0.717, 1.165) is 17.0 Å². The molecule has 2 rings (SSSR count). The van der Waals surface area contributed by atoms with Crippen LogP contribution in [0.1, 0.15) is 25.5 Å². The summed E-state index contributed by atoms with van der Waals surface area (Å²) in [4.78, 5) is 7.15. The number of oxazole rings is 1. The summed E-state index contributed by atoms with van der Waals surface area (Å²) >= 11 is 0. The second kappa shape index (κ2) is 3.21. The Bertz CT molecular complexity index is 415. The number of nitrogens with one attached hydrogen (secondary N) is 1. The zero-order valence-corrected chi connectivity index (χ0v) is 8.24. The van der Waals surface area contributed by atoms with E-state index in [2.05, 4.69) is 23.8 Å². The molecule has 4 nitrogen and oxygen atoms in total. The van der Waals surface area contributed by atoms with Crippen molar-refractivity contribution in [1.82, 2.24) is 9.97 Å². The first-order valence-corrected chi connectivity index (χ1v) is 4.58. The van der Waals surface area contributed by atoms with Crippen LogP contribution in [-0.4, -0.2) is 9.97 Å². The number of aromatic amines is 1. The maximum absolute atomic E-state index is 5.54. The quantitative estimate of drug-likeness (QED) is 0.765. The minimum atomic E-state index is 0.227. The molecule has 0 aliphatic rings. The van der Waals surface area contributed by atoms with Crippen molar-refractivity contribution in [2.45, 2.75) is 19.8 Å². The third-order valence-corrected chi connectivity index (χ3v) is 2.07. The van der Waals surface area contributed by atoms with Crippen LogP contribution in [0.3, 0.4) is 0 Å². The molecule has 14 heavy (non-hydrogen) atoms. The zero-order valence-electron chi connectivity index (χ0n) is 8.24. The first-order valence-electron chi connectivity index (χ1n) is 4.58. The number of anilines is 1. The lowest BCUT2D eigenvalue weighted by Gasteiger charge is -2.00. The fourth-order valence-electron chi connectivity index (χ4n) is 1.42. The van der Waals surface area contributed by atoms with E-state index in [1.807, 2.05) is 18.5 Å². The summed E-state index contributed by atoms with van der Waals surface area (Å²) in [6, 6.07) is 2.17. The van der Waals surface area contributed by atoms with Crippen LogP contribution >= 0.6 is 0 Å². The maximum Gasteiger partial charge on any atom is 0.292 e. The fraction of sp³-hybridized carbons (Fsp3) is 0.300. The van der Waals surface area contributed by atoms with Crippen LogP contribution < -0.4 is 5.73 Å². The van der Waals surface area contributed by atoms with Gasteiger partial charge < -0.3 is 15.1 Å². The summed E-state index contributed by atoms with van der Waals surface area (Å²) in [5.74, 6) is 1.12. The highest BCUT2D eigenvalue weighted by atomic mass is 16.4. The van der Waals surface area contributed by atoms with E-state index in [0.29, 0.717) is 0 Å². The minimum Gasteiger partial charge on any atom is -0.428 e. The molecule has 0 saturated carbocycles. The molecule has 74 valence electrons. The van der Waals surface area contributed by atoms with Gasteiger partial charge in [-0.05, 0) is 6.07 Å². The van der Waals surface area contributed by atoms with E-state index in [4.69, 9.17) is 10.2 Å². The summed E-state index contributed by atoms with van der Waals surface area (Å²) in [6.45, 7) is 4.10. The molecule has 0 atom stereocenters. The third-order valence-electron chi connectivity index (χ3n) is 2.07. The SMILES string of the molecule is CC(C)c1oc(N)nc1-c1cc[nH]c1. The van der Waals surface area contributed by atoms with Crippen LogP contribution in [0, 0.1) is 0 Å². The Balaban J connectivity index is 2.52. The molecule has 0 unspecified atom stereocenters. The van der Waals surface area contributed by atoms with Gasteiger partial charge in [-0.2, -0.15) is 4.98 Å². The van der Waals surface area contributed by atoms with Crippen LogP contribution in [-0.2, 0) is 0 Å². The van der Waals surface area contributed by atoms with Crippen molar-refractivity contribution in [1.29, 1.82) is 0 Å². The van der Waals surface area contributed by atoms with Gasteiger partial charge in [0.2, 0.25) is 0 Å². The first kappa shape index (κ1) is 8.87. The molecular formula is C10H13N3O. The summed E-state index contributed by atoms with van der Waals surface area (Å²) < 4.78 is 5.35. The van der Waals surface area contributed by atoms with E-state index in [1.165, 1.54) is 0 Å². The Kier molecular flexibility index (Phi) is 2.04. The molecule has 0 aliphatic carbocycles. The lowest BCUT2D eigenvalue weighted by molar-refractivity contribution is 0.500. The standard InChI is InChI=1S/C10H13N3O/c1-6(2)9-8(13-10(11)14-9)7-3-4-12-5-7/h3-6,12H,1-2H3,(H2,11,13). The van der Waals surface area contributed by atoms with Crippen molar-refractivity contribution >= 4 is 6.01 Å². The van der Waals surface area contributed by atoms with Crippen molar-refractivity contribution in [3.63, 3.8) is 0 Å². The molecule has 0 spiro atoms. The second-order valence-corrected chi connectivity index (χ2v) is 3.52. The highest BCUT2D eigenvalue weighted by molar-refractivity contribution is 5.62. The van der Waals surface area contributed by atoms with E-state index < -0.39 is 0 Å². The lowest BCUT2D eigenvalue weighted by Crippen LogP contribution is -1.87. The number of hydrogen-bond donors (Lipinski definition) is 2. The molecule has 0 saturated heterocycles. The Morgan fingerprint density at radius 1 is 1.50 bits per heavy atom. The number of hydrogen-bond acceptors (Lipinski definition) is 3. The molecule has 0 radical (unpaired) electrons. The normalized spacial score (nSPS) is 11.1. The Morgan fingerprint density at radius 2 is 2.29 bits per heavy atom. The fourth-order valence-corrected chi connectivity index (χ4v) is 1.42. The third kappa shape index (κ3) is 1.39. The topological polar surface area (TPSA) is 67.8 Å². The van der Waals surface area contributed by atoms with Gasteiger partial charge >= 0.3 is 0 Å². The van der Waals surface area contributed by atoms with Crippen molar-refractivity contribution in [3.05, 3.63) is 24.2 Å². The smallest absolute Gasteiger partial charge is 0.292 e. The number of nitrogens with zero attached hydrogens (tertiary/aromatic N) is 1. The van der Waals surface area contributed by atoms with Crippen molar-refractivity contribution < 1.29 is 4.42 Å². The molecular weight excluding hydrogens is 178 g/mol. The number of nitrogen functional groups attached to an aromatic ring is 1. The van der Waals surface area contributed by atoms with E-state index in [1.54, 1.807) is 0 Å². The van der Waals surface area contributed by atoms with E-state index in [9.17, 15) is 0 Å². The molecule has 0 fully saturated rings. The summed E-state index contributed by atoms with van der Waals surface area (Å²) in [6.07, 6.45) is 3.73. The van der Waals surface area contributed by atoms with E-state index >= 15 is 0 Å². The van der Waals surface area contributed by atoms with Gasteiger partial charge in [0, 0.05) is 23.9 Å². The molecule has 2 aromatic heterocycles. The van der Waals surface area contributed by atoms with Gasteiger partial charge in [0.05, 0.1) is 0 Å². The molecule has 2 aromatic rings. The van der Waals surface area contributed by atoms with Crippen molar-refractivity contribution in [2.24, 2.45) is 0 Å². The monoisotopic (exact) mass is 191 g/mol. The highest BCUT2D eigenvalue weighted by Gasteiger charge is 2.16. The zero-order chi connectivity index (χ0) is 10.1. The van der Waals surface area contributed by atoms with Crippen LogP contribution in [0.5, 0.6) is 0 Å². The minimum absolute atomic E-state index is 0.227. The average Bonchev–Trinajstić information content (AvgIpc) is 2.70. The number of nitrogens with two attached hydrogens (primary N) is 1. The van der Waals surface area contributed by atoms with Gasteiger partial charge in [0.15, 0.2) is 0 Å². The van der Waals surface area contributed by atoms with Crippen molar-refractivity contribution in [2.75, 3.05) is 5.73 Å². The molecule has 0 aromatic carbocycles. The van der Waals surface area contributed by atoms with Gasteiger partial charge in [-0.1, -0.05) is 13.8 Å². The number of rotatable bonds is 2. The Hall–Kier alpha value is -1.71. The molecule has 0 amide bonds. The van der Waals surface area contributed by atoms with Gasteiger partial charge in [-0.25, -0.2) is 0 Å². The van der Waals surface area contributed by atoms with Crippen LogP contribution in [0.15, 0.2) is 22.9 Å². The van der Waals surface area contributed by atoms with Crippen LogP contribution in [0.25, 0.3) is 11.3 Å². The molecule has 0 aliphatic heterocycles. The van der Waals surface area contributed by atoms with Gasteiger partial charge in [0.1, 0.15) is 11.5 Å². The van der Waals surface area contributed by atoms with Crippen LogP contribution in [0.2, 0.25) is 0 Å². The largest absolute Gasteiger partial charge is 0.428 e. The average molecular weight is 191 g/mol. The maximum atomic E-state index is 5.54. The van der Waals surface area contributed by atoms with Crippen molar-refractivity contribution in [3.8, 4) is 11.3 Å². The van der Waals surface area contributed by atoms with Gasteiger partial charge in [-0.3, -0.25) is 0 Å². The predicted octanol–water partition coefficient (Wildman–Crippen LogP) is 2.38. The van der Waals surface area contributed by atoms with Gasteiger partial charge in [0.25, 0.3) is 6.01 Å². The second-order valence-electron chi connectivity index (χ2n) is 3.52. The Labute approximate surface area is 82.1 Å². The first-order chi connectivity index (χ1) is 6.68. The molecule has 4 heteroatoms. The predicted molar refractivity (Wildman–Crippen MR) is 54.8 cm³/mol. The molecule has 0 bridgehead atoms. The molecule has 3 N–H and O–H groups in total. The molecule has 2 heterocycles. The highest BCUT2D eigenvalue weighted by Crippen LogP contribution is 2.29. The number of H-pyrrole nitrogens is 1. The summed E-state index contributed by atoms with van der Waals surface area (Å²) in [5.41, 5.74) is 7.38. The van der Waals surface area contributed by atoms with Gasteiger partial charge in [-0.15, -0.1) is 0 Å². The summed E-state index contributed by atoms with van der Waals surface area (Å²) in [5, 5.41) is 0. The Morgan fingerprint density at radius 3 is 2.86 bits per heavy atom. The van der Waals surface area contributed by atoms with Crippen LogP contribution in [0.4, 0.5) is 6.01 Å². The summed E-state index contributed by atoms with van der Waals surface area (Å²) in [7, 11) is 0.